The summed E-state index contributed by atoms with van der Waals surface area (Å²) in [5.41, 5.74) is 0.702. The monoisotopic (exact) mass is 291 g/mol. The van der Waals surface area contributed by atoms with Crippen LogP contribution in [-0.2, 0) is 16.1 Å². The number of ether oxygens (including phenoxy) is 1. The summed E-state index contributed by atoms with van der Waals surface area (Å²) in [6, 6.07) is 7.91. The molecule has 0 spiro atoms. The Bertz CT molecular complexity index is 538. The Morgan fingerprint density at radius 2 is 2.33 bits per heavy atom. The van der Waals surface area contributed by atoms with E-state index in [1.165, 1.54) is 18.3 Å². The van der Waals surface area contributed by atoms with Crippen LogP contribution in [0.5, 0.6) is 0 Å². The highest BCUT2D eigenvalue weighted by Gasteiger charge is 2.07. The van der Waals surface area contributed by atoms with Gasteiger partial charge in [0.15, 0.2) is 0 Å². The zero-order valence-electron chi connectivity index (χ0n) is 11.9. The summed E-state index contributed by atoms with van der Waals surface area (Å²) in [4.78, 5) is 11.7. The number of nitrogens with zero attached hydrogens (tertiary/aromatic N) is 1. The van der Waals surface area contributed by atoms with Crippen molar-refractivity contribution >= 4 is 5.91 Å². The predicted molar refractivity (Wildman–Crippen MR) is 76.4 cm³/mol. The van der Waals surface area contributed by atoms with Crippen molar-refractivity contribution in [3.05, 3.63) is 47.4 Å². The lowest BCUT2D eigenvalue weighted by molar-refractivity contribution is -0.117. The molecule has 21 heavy (non-hydrogen) atoms. The molecular weight excluding hydrogens is 273 g/mol. The zero-order valence-corrected chi connectivity index (χ0v) is 11.9. The van der Waals surface area contributed by atoms with Gasteiger partial charge in [-0.05, 0) is 24.1 Å². The van der Waals surface area contributed by atoms with E-state index < -0.39 is 5.91 Å². The molecule has 0 aliphatic rings. The molecule has 112 valence electrons. The van der Waals surface area contributed by atoms with Crippen molar-refractivity contribution in [2.45, 2.75) is 13.0 Å². The third-order valence-corrected chi connectivity index (χ3v) is 2.62. The summed E-state index contributed by atoms with van der Waals surface area (Å²) in [5, 5.41) is 14.4. The third kappa shape index (κ3) is 6.54. The first-order valence-corrected chi connectivity index (χ1v) is 6.52. The molecule has 0 bridgehead atoms. The first kappa shape index (κ1) is 16.7. The highest BCUT2D eigenvalue weighted by Crippen LogP contribution is 2.03. The normalized spacial score (nSPS) is 10.8. The second kappa shape index (κ2) is 9.50. The molecule has 0 heterocycles. The first-order chi connectivity index (χ1) is 10.2. The minimum Gasteiger partial charge on any atom is -0.386 e. The lowest BCUT2D eigenvalue weighted by Crippen LogP contribution is -2.27. The van der Waals surface area contributed by atoms with Crippen LogP contribution in [-0.4, -0.2) is 26.2 Å². The Morgan fingerprint density at radius 3 is 3.00 bits per heavy atom. The van der Waals surface area contributed by atoms with Gasteiger partial charge >= 0.3 is 0 Å². The van der Waals surface area contributed by atoms with Gasteiger partial charge in [0.05, 0.1) is 0 Å². The first-order valence-electron chi connectivity index (χ1n) is 6.52. The zero-order chi connectivity index (χ0) is 15.5. The van der Waals surface area contributed by atoms with E-state index in [2.05, 4.69) is 10.6 Å². The van der Waals surface area contributed by atoms with Crippen LogP contribution in [0.25, 0.3) is 0 Å². The summed E-state index contributed by atoms with van der Waals surface area (Å²) in [7, 11) is 1.58. The van der Waals surface area contributed by atoms with E-state index in [0.717, 1.165) is 5.56 Å². The van der Waals surface area contributed by atoms with Crippen molar-refractivity contribution in [1.82, 2.24) is 10.6 Å². The molecule has 0 unspecified atom stereocenters. The van der Waals surface area contributed by atoms with Crippen molar-refractivity contribution < 1.29 is 13.9 Å². The SMILES string of the molecule is COCCCNC(=O)/C(C#N)=C\NCc1cccc(F)c1. The predicted octanol–water partition coefficient (Wildman–Crippen LogP) is 1.48. The van der Waals surface area contributed by atoms with Crippen LogP contribution < -0.4 is 10.6 Å². The van der Waals surface area contributed by atoms with Crippen molar-refractivity contribution in [3.8, 4) is 6.07 Å². The number of benzene rings is 1. The lowest BCUT2D eigenvalue weighted by atomic mass is 10.2. The molecule has 2 N–H and O–H groups in total. The average Bonchev–Trinajstić information content (AvgIpc) is 2.48. The molecule has 0 aliphatic carbocycles. The topological polar surface area (TPSA) is 74.1 Å². The number of nitrogens with one attached hydrogen (secondary N) is 2. The summed E-state index contributed by atoms with van der Waals surface area (Å²) in [5.74, 6) is -0.769. The molecule has 1 aromatic carbocycles. The summed E-state index contributed by atoms with van der Waals surface area (Å²) in [6.07, 6.45) is 2.01. The Hall–Kier alpha value is -2.39. The standard InChI is InChI=1S/C15H18FN3O2/c1-21-7-3-6-19-15(20)13(9-17)11-18-10-12-4-2-5-14(16)8-12/h2,4-5,8,11,18H,3,6-7,10H2,1H3,(H,19,20)/b13-11-. The van der Waals surface area contributed by atoms with Gasteiger partial charge in [-0.2, -0.15) is 5.26 Å². The molecule has 1 aromatic rings. The minimum absolute atomic E-state index is 0.0242. The number of rotatable bonds is 8. The highest BCUT2D eigenvalue weighted by atomic mass is 19.1. The molecule has 1 rings (SSSR count). The summed E-state index contributed by atoms with van der Waals surface area (Å²) in [6.45, 7) is 1.32. The molecule has 0 fully saturated rings. The Labute approximate surface area is 123 Å². The summed E-state index contributed by atoms with van der Waals surface area (Å²) >= 11 is 0. The van der Waals surface area contributed by atoms with E-state index in [1.807, 2.05) is 6.07 Å². The van der Waals surface area contributed by atoms with Gasteiger partial charge in [0, 0.05) is 33.0 Å². The second-order valence-corrected chi connectivity index (χ2v) is 4.28. The highest BCUT2D eigenvalue weighted by molar-refractivity contribution is 5.97. The van der Waals surface area contributed by atoms with E-state index in [9.17, 15) is 9.18 Å². The summed E-state index contributed by atoms with van der Waals surface area (Å²) < 4.78 is 17.8. The van der Waals surface area contributed by atoms with Crippen LogP contribution in [0, 0.1) is 17.1 Å². The number of methoxy groups -OCH3 is 1. The fourth-order valence-electron chi connectivity index (χ4n) is 1.58. The van der Waals surface area contributed by atoms with Crippen molar-refractivity contribution in [2.75, 3.05) is 20.3 Å². The Morgan fingerprint density at radius 1 is 1.52 bits per heavy atom. The van der Waals surface area contributed by atoms with Crippen molar-refractivity contribution in [2.24, 2.45) is 0 Å². The van der Waals surface area contributed by atoms with E-state index in [0.29, 0.717) is 26.1 Å². The fourth-order valence-corrected chi connectivity index (χ4v) is 1.58. The fraction of sp³-hybridized carbons (Fsp3) is 0.333. The maximum atomic E-state index is 13.0. The van der Waals surface area contributed by atoms with Gasteiger partial charge < -0.3 is 15.4 Å². The number of hydrogen-bond acceptors (Lipinski definition) is 4. The molecule has 0 saturated carbocycles. The van der Waals surface area contributed by atoms with Gasteiger partial charge in [-0.15, -0.1) is 0 Å². The molecule has 5 nitrogen and oxygen atoms in total. The van der Waals surface area contributed by atoms with E-state index in [-0.39, 0.29) is 11.4 Å². The average molecular weight is 291 g/mol. The van der Waals surface area contributed by atoms with Gasteiger partial charge in [-0.3, -0.25) is 4.79 Å². The van der Waals surface area contributed by atoms with Crippen molar-refractivity contribution in [3.63, 3.8) is 0 Å². The second-order valence-electron chi connectivity index (χ2n) is 4.28. The van der Waals surface area contributed by atoms with Gasteiger partial charge in [-0.25, -0.2) is 4.39 Å². The number of halogens is 1. The van der Waals surface area contributed by atoms with Crippen LogP contribution in [0.3, 0.4) is 0 Å². The van der Waals surface area contributed by atoms with E-state index in [4.69, 9.17) is 10.00 Å². The number of nitriles is 1. The smallest absolute Gasteiger partial charge is 0.263 e. The van der Waals surface area contributed by atoms with Gasteiger partial charge in [0.1, 0.15) is 17.5 Å². The molecule has 0 aromatic heterocycles. The van der Waals surface area contributed by atoms with Crippen LogP contribution in [0.15, 0.2) is 36.0 Å². The lowest BCUT2D eigenvalue weighted by Gasteiger charge is -2.05. The third-order valence-electron chi connectivity index (χ3n) is 2.62. The quantitative estimate of drug-likeness (QED) is 0.432. The molecule has 0 atom stereocenters. The number of carbonyl (C=O) groups is 1. The van der Waals surface area contributed by atoms with Crippen molar-refractivity contribution in [1.29, 1.82) is 5.26 Å². The maximum Gasteiger partial charge on any atom is 0.263 e. The van der Waals surface area contributed by atoms with E-state index in [1.54, 1.807) is 19.2 Å². The molecule has 1 amide bonds. The molecule has 0 radical (unpaired) electrons. The van der Waals surface area contributed by atoms with Crippen LogP contribution >= 0.6 is 0 Å². The largest absolute Gasteiger partial charge is 0.386 e. The number of amides is 1. The molecule has 6 heteroatoms. The molecule has 0 aliphatic heterocycles. The van der Waals surface area contributed by atoms with Gasteiger partial charge in [-0.1, -0.05) is 12.1 Å². The van der Waals surface area contributed by atoms with Gasteiger partial charge in [0.25, 0.3) is 5.91 Å². The van der Waals surface area contributed by atoms with Crippen LogP contribution in [0.2, 0.25) is 0 Å². The maximum absolute atomic E-state index is 13.0. The molecule has 0 saturated heterocycles. The van der Waals surface area contributed by atoms with Gasteiger partial charge in [0.2, 0.25) is 0 Å². The Kier molecular flexibility index (Phi) is 7.54. The van der Waals surface area contributed by atoms with Crippen LogP contribution in [0.4, 0.5) is 4.39 Å². The minimum atomic E-state index is -0.444. The number of hydrogen-bond donors (Lipinski definition) is 2. The Balaban J connectivity index is 2.44. The molecular formula is C15H18FN3O2. The van der Waals surface area contributed by atoms with E-state index >= 15 is 0 Å². The number of carbonyl (C=O) groups excluding carboxylic acids is 1. The van der Waals surface area contributed by atoms with Crippen LogP contribution in [0.1, 0.15) is 12.0 Å².